The lowest BCUT2D eigenvalue weighted by atomic mass is 10.0. The second-order valence-electron chi connectivity index (χ2n) is 4.66. The third-order valence-corrected chi connectivity index (χ3v) is 3.16. The number of aromatic nitrogens is 2. The Balaban J connectivity index is 2.45. The van der Waals surface area contributed by atoms with Gasteiger partial charge in [-0.15, -0.1) is 0 Å². The van der Waals surface area contributed by atoms with Crippen LogP contribution in [0.1, 0.15) is 12.6 Å². The molecule has 0 saturated heterocycles. The van der Waals surface area contributed by atoms with E-state index in [0.29, 0.717) is 31.0 Å². The number of aryl methyl sites for hydroxylation is 1. The molecule has 0 amide bonds. The molecule has 7 heteroatoms. The molecule has 7 nitrogen and oxygen atoms in total. The molecule has 0 aliphatic carbocycles. The number of rotatable bonds is 5. The third kappa shape index (κ3) is 3.14. The van der Waals surface area contributed by atoms with Crippen LogP contribution in [-0.2, 0) is 6.42 Å². The van der Waals surface area contributed by atoms with Crippen LogP contribution in [0.4, 0.5) is 23.1 Å². The van der Waals surface area contributed by atoms with Gasteiger partial charge >= 0.3 is 0 Å². The van der Waals surface area contributed by atoms with E-state index in [-0.39, 0.29) is 5.95 Å². The SMILES string of the molecule is CCc1nc(N)nc(N)c1-c1ccc(NCCN)c(N)c1. The fourth-order valence-corrected chi connectivity index (χ4v) is 2.20. The lowest BCUT2D eigenvalue weighted by molar-refractivity contribution is 1.02. The van der Waals surface area contributed by atoms with E-state index < -0.39 is 0 Å². The van der Waals surface area contributed by atoms with E-state index >= 15 is 0 Å². The number of nitrogens with one attached hydrogen (secondary N) is 1. The second-order valence-corrected chi connectivity index (χ2v) is 4.66. The average molecular weight is 287 g/mol. The smallest absolute Gasteiger partial charge is 0.222 e. The molecule has 1 aromatic carbocycles. The van der Waals surface area contributed by atoms with E-state index in [0.717, 1.165) is 22.5 Å². The lowest BCUT2D eigenvalue weighted by Gasteiger charge is -2.14. The molecule has 2 aromatic rings. The number of hydrogen-bond donors (Lipinski definition) is 5. The number of nitrogen functional groups attached to an aromatic ring is 3. The Morgan fingerprint density at radius 2 is 1.90 bits per heavy atom. The highest BCUT2D eigenvalue weighted by Gasteiger charge is 2.13. The van der Waals surface area contributed by atoms with Crippen molar-refractivity contribution in [3.8, 4) is 11.1 Å². The fraction of sp³-hybridized carbons (Fsp3) is 0.286. The van der Waals surface area contributed by atoms with E-state index in [9.17, 15) is 0 Å². The number of anilines is 4. The Morgan fingerprint density at radius 3 is 2.52 bits per heavy atom. The molecule has 2 rings (SSSR count). The van der Waals surface area contributed by atoms with Crippen LogP contribution in [-0.4, -0.2) is 23.1 Å². The second kappa shape index (κ2) is 6.27. The first-order valence-corrected chi connectivity index (χ1v) is 6.82. The maximum absolute atomic E-state index is 6.06. The molecule has 0 saturated carbocycles. The van der Waals surface area contributed by atoms with Gasteiger partial charge in [0.25, 0.3) is 0 Å². The normalized spacial score (nSPS) is 10.6. The van der Waals surface area contributed by atoms with E-state index in [4.69, 9.17) is 22.9 Å². The van der Waals surface area contributed by atoms with Gasteiger partial charge in [0, 0.05) is 18.7 Å². The summed E-state index contributed by atoms with van der Waals surface area (Å²) in [5.74, 6) is 0.545. The molecule has 0 aliphatic heterocycles. The summed E-state index contributed by atoms with van der Waals surface area (Å²) in [5, 5.41) is 3.16. The maximum Gasteiger partial charge on any atom is 0.222 e. The predicted molar refractivity (Wildman–Crippen MR) is 87.6 cm³/mol. The molecule has 1 aromatic heterocycles. The minimum absolute atomic E-state index is 0.183. The minimum atomic E-state index is 0.183. The molecule has 0 atom stereocenters. The van der Waals surface area contributed by atoms with Gasteiger partial charge in [-0.25, -0.2) is 4.98 Å². The zero-order chi connectivity index (χ0) is 15.4. The van der Waals surface area contributed by atoms with Crippen molar-refractivity contribution < 1.29 is 0 Å². The molecule has 1 heterocycles. The highest BCUT2D eigenvalue weighted by atomic mass is 15.0. The highest BCUT2D eigenvalue weighted by molar-refractivity contribution is 5.82. The van der Waals surface area contributed by atoms with Gasteiger partial charge < -0.3 is 28.3 Å². The first-order valence-electron chi connectivity index (χ1n) is 6.82. The van der Waals surface area contributed by atoms with Crippen molar-refractivity contribution in [1.29, 1.82) is 0 Å². The van der Waals surface area contributed by atoms with Gasteiger partial charge in [-0.05, 0) is 24.1 Å². The summed E-state index contributed by atoms with van der Waals surface area (Å²) in [6.45, 7) is 3.20. The predicted octanol–water partition coefficient (Wildman–Crippen LogP) is 0.823. The molecule has 0 bridgehead atoms. The first kappa shape index (κ1) is 14.9. The van der Waals surface area contributed by atoms with Crippen molar-refractivity contribution in [2.75, 3.05) is 35.6 Å². The summed E-state index contributed by atoms with van der Waals surface area (Å²) in [7, 11) is 0. The van der Waals surface area contributed by atoms with Crippen molar-refractivity contribution >= 4 is 23.1 Å². The van der Waals surface area contributed by atoms with Gasteiger partial charge in [-0.2, -0.15) is 4.98 Å². The summed E-state index contributed by atoms with van der Waals surface area (Å²) < 4.78 is 0. The Kier molecular flexibility index (Phi) is 4.44. The van der Waals surface area contributed by atoms with Gasteiger partial charge in [-0.1, -0.05) is 13.0 Å². The molecule has 0 fully saturated rings. The van der Waals surface area contributed by atoms with Gasteiger partial charge in [0.2, 0.25) is 5.95 Å². The summed E-state index contributed by atoms with van der Waals surface area (Å²) in [4.78, 5) is 8.28. The van der Waals surface area contributed by atoms with Crippen LogP contribution in [0.25, 0.3) is 11.1 Å². The fourth-order valence-electron chi connectivity index (χ4n) is 2.20. The molecule has 0 aliphatic rings. The molecule has 112 valence electrons. The van der Waals surface area contributed by atoms with Crippen LogP contribution in [0, 0.1) is 0 Å². The molecule has 9 N–H and O–H groups in total. The molecule has 0 unspecified atom stereocenters. The van der Waals surface area contributed by atoms with Crippen molar-refractivity contribution in [1.82, 2.24) is 9.97 Å². The zero-order valence-electron chi connectivity index (χ0n) is 12.1. The first-order chi connectivity index (χ1) is 10.1. The van der Waals surface area contributed by atoms with E-state index in [1.807, 2.05) is 25.1 Å². The largest absolute Gasteiger partial charge is 0.397 e. The van der Waals surface area contributed by atoms with Crippen molar-refractivity contribution in [2.24, 2.45) is 5.73 Å². The van der Waals surface area contributed by atoms with Crippen LogP contribution in [0.5, 0.6) is 0 Å². The Labute approximate surface area is 123 Å². The van der Waals surface area contributed by atoms with Gasteiger partial charge in [-0.3, -0.25) is 0 Å². The zero-order valence-corrected chi connectivity index (χ0v) is 12.1. The van der Waals surface area contributed by atoms with Crippen molar-refractivity contribution in [3.05, 3.63) is 23.9 Å². The third-order valence-electron chi connectivity index (χ3n) is 3.16. The molecule has 21 heavy (non-hydrogen) atoms. The molecule has 0 radical (unpaired) electrons. The Hall–Kier alpha value is -2.54. The minimum Gasteiger partial charge on any atom is -0.397 e. The standard InChI is InChI=1S/C14H21N7/c1-2-10-12(13(17)21-14(18)20-10)8-3-4-11(9(16)7-8)19-6-5-15/h3-4,7,19H,2,5-6,15-16H2,1H3,(H4,17,18,20,21). The van der Waals surface area contributed by atoms with Gasteiger partial charge in [0.05, 0.1) is 17.1 Å². The topological polar surface area (TPSA) is 142 Å². The van der Waals surface area contributed by atoms with Gasteiger partial charge in [0.1, 0.15) is 5.82 Å². The monoisotopic (exact) mass is 287 g/mol. The van der Waals surface area contributed by atoms with Gasteiger partial charge in [0.15, 0.2) is 0 Å². The Bertz CT molecular complexity index is 639. The summed E-state index contributed by atoms with van der Waals surface area (Å²) in [6, 6.07) is 5.68. The van der Waals surface area contributed by atoms with E-state index in [1.54, 1.807) is 0 Å². The maximum atomic E-state index is 6.06. The quantitative estimate of drug-likeness (QED) is 0.512. The molecular weight excluding hydrogens is 266 g/mol. The van der Waals surface area contributed by atoms with Crippen molar-refractivity contribution in [3.63, 3.8) is 0 Å². The van der Waals surface area contributed by atoms with Crippen molar-refractivity contribution in [2.45, 2.75) is 13.3 Å². The summed E-state index contributed by atoms with van der Waals surface area (Å²) in [6.07, 6.45) is 0.708. The van der Waals surface area contributed by atoms with Crippen LogP contribution in [0.15, 0.2) is 18.2 Å². The van der Waals surface area contributed by atoms with Crippen LogP contribution in [0.2, 0.25) is 0 Å². The number of hydrogen-bond acceptors (Lipinski definition) is 7. The lowest BCUT2D eigenvalue weighted by Crippen LogP contribution is -2.14. The molecule has 0 spiro atoms. The Morgan fingerprint density at radius 1 is 1.14 bits per heavy atom. The van der Waals surface area contributed by atoms with E-state index in [1.165, 1.54) is 0 Å². The van der Waals surface area contributed by atoms with Crippen LogP contribution in [0.3, 0.4) is 0 Å². The highest BCUT2D eigenvalue weighted by Crippen LogP contribution is 2.32. The number of nitrogens with two attached hydrogens (primary N) is 4. The molecular formula is C14H21N7. The summed E-state index contributed by atoms with van der Waals surface area (Å²) in [5.41, 5.74) is 27.1. The average Bonchev–Trinajstić information content (AvgIpc) is 2.45. The van der Waals surface area contributed by atoms with E-state index in [2.05, 4.69) is 15.3 Å². The number of benzene rings is 1. The number of nitrogens with zero attached hydrogens (tertiary/aromatic N) is 2. The summed E-state index contributed by atoms with van der Waals surface area (Å²) >= 11 is 0. The van der Waals surface area contributed by atoms with Crippen LogP contribution < -0.4 is 28.3 Å². The van der Waals surface area contributed by atoms with Crippen LogP contribution >= 0.6 is 0 Å².